The summed E-state index contributed by atoms with van der Waals surface area (Å²) in [6.45, 7) is 7.79. The van der Waals surface area contributed by atoms with Gasteiger partial charge < -0.3 is 15.5 Å². The maximum atomic E-state index is 12.6. The number of hydrogen-bond acceptors (Lipinski definition) is 3. The normalized spacial score (nSPS) is 43.5. The molecule has 0 spiro atoms. The first kappa shape index (κ1) is 25.3. The van der Waals surface area contributed by atoms with Crippen molar-refractivity contribution < 1.29 is 15.0 Å². The van der Waals surface area contributed by atoms with Crippen molar-refractivity contribution in [2.75, 3.05) is 0 Å². The number of fused-ring (bicyclic) bond motifs is 5. The summed E-state index contributed by atoms with van der Waals surface area (Å²) in [6.07, 6.45) is 9.97. The van der Waals surface area contributed by atoms with Crippen LogP contribution in [0, 0.1) is 46.3 Å². The molecule has 1 amide bonds. The Balaban J connectivity index is 1.22. The molecule has 35 heavy (non-hydrogen) atoms. The van der Waals surface area contributed by atoms with E-state index in [9.17, 15) is 15.0 Å². The first-order valence-electron chi connectivity index (χ1n) is 14.4. The lowest BCUT2D eigenvalue weighted by molar-refractivity contribution is -0.174. The van der Waals surface area contributed by atoms with Crippen molar-refractivity contribution in [3.8, 4) is 0 Å². The van der Waals surface area contributed by atoms with Crippen molar-refractivity contribution in [1.82, 2.24) is 5.32 Å². The maximum absolute atomic E-state index is 12.6. The average Bonchev–Trinajstić information content (AvgIpc) is 3.22. The van der Waals surface area contributed by atoms with Crippen LogP contribution >= 0.6 is 0 Å². The molecule has 0 aliphatic heterocycles. The van der Waals surface area contributed by atoms with E-state index in [2.05, 4.69) is 26.1 Å². The minimum atomic E-state index is -0.252. The number of hydrogen-bond donors (Lipinski definition) is 3. The third kappa shape index (κ3) is 4.48. The standard InChI is InChI=1S/C31H47NO3/c1-20(9-14-29(35)32-19-21-7-5-4-6-8-21)25-12-13-26-24-11-10-22-17-23(33)15-16-30(22,2)27(24)18-28(34)31(25,26)3/h4-8,20,22-28,33-34H,9-19H2,1-3H3,(H,32,35)/t20-,22-,23-,24+,25?,26?,27?,28+,30+,31-/m1/s1. The third-order valence-electron chi connectivity index (χ3n) is 11.7. The summed E-state index contributed by atoms with van der Waals surface area (Å²) in [7, 11) is 0. The molecular weight excluding hydrogens is 434 g/mol. The van der Waals surface area contributed by atoms with Crippen LogP contribution in [-0.4, -0.2) is 28.3 Å². The van der Waals surface area contributed by atoms with E-state index in [-0.39, 0.29) is 28.9 Å². The number of aliphatic hydroxyl groups is 2. The molecule has 5 rings (SSSR count). The molecule has 3 unspecified atom stereocenters. The van der Waals surface area contributed by atoms with Gasteiger partial charge in [0.1, 0.15) is 0 Å². The molecule has 4 fully saturated rings. The van der Waals surface area contributed by atoms with Gasteiger partial charge in [-0.05, 0) is 110 Å². The highest BCUT2D eigenvalue weighted by atomic mass is 16.3. The molecule has 0 radical (unpaired) electrons. The summed E-state index contributed by atoms with van der Waals surface area (Å²) < 4.78 is 0. The highest BCUT2D eigenvalue weighted by molar-refractivity contribution is 5.75. The van der Waals surface area contributed by atoms with Gasteiger partial charge in [-0.1, -0.05) is 51.1 Å². The van der Waals surface area contributed by atoms with Crippen LogP contribution in [0.1, 0.15) is 90.5 Å². The Labute approximate surface area is 212 Å². The highest BCUT2D eigenvalue weighted by Gasteiger charge is 2.63. The van der Waals surface area contributed by atoms with Gasteiger partial charge in [0.25, 0.3) is 0 Å². The minimum absolute atomic E-state index is 0.0293. The van der Waals surface area contributed by atoms with Crippen LogP contribution in [0.4, 0.5) is 0 Å². The molecule has 0 bridgehead atoms. The monoisotopic (exact) mass is 481 g/mol. The van der Waals surface area contributed by atoms with E-state index in [0.717, 1.165) is 37.7 Å². The summed E-state index contributed by atoms with van der Waals surface area (Å²) >= 11 is 0. The smallest absolute Gasteiger partial charge is 0.220 e. The molecule has 4 aliphatic carbocycles. The van der Waals surface area contributed by atoms with Gasteiger partial charge in [-0.2, -0.15) is 0 Å². The Morgan fingerprint density at radius 2 is 1.80 bits per heavy atom. The fourth-order valence-electron chi connectivity index (χ4n) is 9.61. The van der Waals surface area contributed by atoms with Crippen molar-refractivity contribution in [3.63, 3.8) is 0 Å². The van der Waals surface area contributed by atoms with Crippen LogP contribution in [0.2, 0.25) is 0 Å². The molecule has 0 saturated heterocycles. The zero-order valence-corrected chi connectivity index (χ0v) is 22.1. The number of benzene rings is 1. The number of aliphatic hydroxyl groups excluding tert-OH is 2. The predicted molar refractivity (Wildman–Crippen MR) is 139 cm³/mol. The topological polar surface area (TPSA) is 69.6 Å². The average molecular weight is 482 g/mol. The molecule has 1 aromatic rings. The van der Waals surface area contributed by atoms with Crippen molar-refractivity contribution in [1.29, 1.82) is 0 Å². The van der Waals surface area contributed by atoms with Crippen LogP contribution in [0.3, 0.4) is 0 Å². The summed E-state index contributed by atoms with van der Waals surface area (Å²) in [5, 5.41) is 25.1. The summed E-state index contributed by atoms with van der Waals surface area (Å²) in [5.41, 5.74) is 1.39. The minimum Gasteiger partial charge on any atom is -0.393 e. The van der Waals surface area contributed by atoms with Gasteiger partial charge in [-0.25, -0.2) is 0 Å². The molecular formula is C31H47NO3. The number of carbonyl (C=O) groups is 1. The maximum Gasteiger partial charge on any atom is 0.220 e. The summed E-state index contributed by atoms with van der Waals surface area (Å²) in [6, 6.07) is 10.1. The second-order valence-electron chi connectivity index (χ2n) is 13.2. The molecule has 194 valence electrons. The molecule has 4 saturated carbocycles. The second-order valence-corrected chi connectivity index (χ2v) is 13.2. The van der Waals surface area contributed by atoms with Gasteiger partial charge in [0, 0.05) is 13.0 Å². The summed E-state index contributed by atoms with van der Waals surface area (Å²) in [5.74, 6) is 3.59. The lowest BCUT2D eigenvalue weighted by atomic mass is 9.43. The summed E-state index contributed by atoms with van der Waals surface area (Å²) in [4.78, 5) is 12.6. The third-order valence-corrected chi connectivity index (χ3v) is 11.7. The first-order chi connectivity index (χ1) is 16.7. The molecule has 0 aromatic heterocycles. The van der Waals surface area contributed by atoms with Gasteiger partial charge >= 0.3 is 0 Å². The largest absolute Gasteiger partial charge is 0.393 e. The van der Waals surface area contributed by atoms with E-state index in [1.807, 2.05) is 30.3 Å². The lowest BCUT2D eigenvalue weighted by Crippen LogP contribution is -2.58. The number of carbonyl (C=O) groups excluding carboxylic acids is 1. The van der Waals surface area contributed by atoms with E-state index in [0.29, 0.717) is 48.5 Å². The van der Waals surface area contributed by atoms with Gasteiger partial charge in [0.2, 0.25) is 5.91 Å². The van der Waals surface area contributed by atoms with Crippen LogP contribution < -0.4 is 5.32 Å². The zero-order valence-electron chi connectivity index (χ0n) is 22.1. The van der Waals surface area contributed by atoms with Gasteiger partial charge in [-0.3, -0.25) is 4.79 Å². The second kappa shape index (κ2) is 9.82. The number of rotatable bonds is 6. The lowest BCUT2D eigenvalue weighted by Gasteiger charge is -2.62. The van der Waals surface area contributed by atoms with Crippen LogP contribution in [0.5, 0.6) is 0 Å². The Bertz CT molecular complexity index is 888. The Morgan fingerprint density at radius 3 is 2.57 bits per heavy atom. The molecule has 3 N–H and O–H groups in total. The Kier molecular flexibility index (Phi) is 7.09. The van der Waals surface area contributed by atoms with Gasteiger partial charge in [0.15, 0.2) is 0 Å². The van der Waals surface area contributed by atoms with E-state index < -0.39 is 0 Å². The van der Waals surface area contributed by atoms with Crippen molar-refractivity contribution >= 4 is 5.91 Å². The number of nitrogens with one attached hydrogen (secondary N) is 1. The molecule has 4 nitrogen and oxygen atoms in total. The fourth-order valence-corrected chi connectivity index (χ4v) is 9.61. The first-order valence-corrected chi connectivity index (χ1v) is 14.4. The Hall–Kier alpha value is -1.39. The molecule has 4 heteroatoms. The molecule has 0 heterocycles. The van der Waals surface area contributed by atoms with E-state index in [1.54, 1.807) is 0 Å². The SMILES string of the molecule is C[C@H](CCC(=O)NCc1ccccc1)C1CCC2[C@@H]3CC[C@@H]4C[C@H](O)CC[C@]4(C)C3C[C@H](O)[C@@]21C. The van der Waals surface area contributed by atoms with Crippen molar-refractivity contribution in [3.05, 3.63) is 35.9 Å². The molecule has 4 aliphatic rings. The van der Waals surface area contributed by atoms with Gasteiger partial charge in [-0.15, -0.1) is 0 Å². The Morgan fingerprint density at radius 1 is 1.03 bits per heavy atom. The predicted octanol–water partition coefficient (Wildman–Crippen LogP) is 5.71. The van der Waals surface area contributed by atoms with Crippen molar-refractivity contribution in [2.24, 2.45) is 46.3 Å². The van der Waals surface area contributed by atoms with Crippen LogP contribution in [0.25, 0.3) is 0 Å². The van der Waals surface area contributed by atoms with Gasteiger partial charge in [0.05, 0.1) is 12.2 Å². The highest BCUT2D eigenvalue weighted by Crippen LogP contribution is 2.68. The van der Waals surface area contributed by atoms with Crippen LogP contribution in [-0.2, 0) is 11.3 Å². The fraction of sp³-hybridized carbons (Fsp3) is 0.774. The van der Waals surface area contributed by atoms with E-state index in [1.165, 1.54) is 25.7 Å². The van der Waals surface area contributed by atoms with Crippen LogP contribution in [0.15, 0.2) is 30.3 Å². The van der Waals surface area contributed by atoms with Crippen molar-refractivity contribution in [2.45, 2.75) is 104 Å². The zero-order chi connectivity index (χ0) is 24.8. The quantitative estimate of drug-likeness (QED) is 0.487. The number of amides is 1. The van der Waals surface area contributed by atoms with E-state index in [4.69, 9.17) is 0 Å². The van der Waals surface area contributed by atoms with E-state index >= 15 is 0 Å². The molecule has 1 aromatic carbocycles. The molecule has 10 atom stereocenters.